The van der Waals surface area contributed by atoms with E-state index in [4.69, 9.17) is 0 Å². The molecule has 17 heavy (non-hydrogen) atoms. The van der Waals surface area contributed by atoms with Crippen molar-refractivity contribution in [3.05, 3.63) is 30.1 Å². The zero-order valence-corrected chi connectivity index (χ0v) is 10.9. The Morgan fingerprint density at radius 1 is 1.47 bits per heavy atom. The molecular weight excluding hydrogens is 210 g/mol. The van der Waals surface area contributed by atoms with Crippen LogP contribution in [0.4, 0.5) is 0 Å². The highest BCUT2D eigenvalue weighted by atomic mass is 15.2. The summed E-state index contributed by atoms with van der Waals surface area (Å²) in [6.07, 6.45) is 5.07. The topological polar surface area (TPSA) is 28.2 Å². The van der Waals surface area contributed by atoms with Gasteiger partial charge in [-0.3, -0.25) is 4.98 Å². The van der Waals surface area contributed by atoms with Crippen molar-refractivity contribution in [2.45, 2.75) is 26.8 Å². The zero-order valence-electron chi connectivity index (χ0n) is 10.9. The summed E-state index contributed by atoms with van der Waals surface area (Å²) in [5.74, 6) is 0. The second-order valence-electron chi connectivity index (χ2n) is 5.73. The Bertz CT molecular complexity index is 335. The lowest BCUT2D eigenvalue weighted by molar-refractivity contribution is 0.290. The molecule has 1 aromatic rings. The van der Waals surface area contributed by atoms with Gasteiger partial charge in [0.25, 0.3) is 0 Å². The highest BCUT2D eigenvalue weighted by molar-refractivity contribution is 5.07. The van der Waals surface area contributed by atoms with Gasteiger partial charge in [0.1, 0.15) is 0 Å². The Morgan fingerprint density at radius 3 is 3.00 bits per heavy atom. The lowest BCUT2D eigenvalue weighted by atomic mass is 9.93. The molecule has 0 saturated carbocycles. The summed E-state index contributed by atoms with van der Waals surface area (Å²) in [6, 6.07) is 4.10. The summed E-state index contributed by atoms with van der Waals surface area (Å²) in [4.78, 5) is 6.66. The first kappa shape index (κ1) is 12.5. The minimum Gasteiger partial charge on any atom is -0.311 e. The van der Waals surface area contributed by atoms with Gasteiger partial charge in [0.15, 0.2) is 0 Å². The predicted octanol–water partition coefficient (Wildman–Crippen LogP) is 1.90. The first-order valence-electron chi connectivity index (χ1n) is 6.48. The largest absolute Gasteiger partial charge is 0.311 e. The third-order valence-corrected chi connectivity index (χ3v) is 3.41. The molecule has 0 aliphatic carbocycles. The number of aromatic nitrogens is 1. The van der Waals surface area contributed by atoms with E-state index in [0.29, 0.717) is 5.41 Å². The minimum absolute atomic E-state index is 0.517. The van der Waals surface area contributed by atoms with Crippen LogP contribution in [0.3, 0.4) is 0 Å². The smallest absolute Gasteiger partial charge is 0.0312 e. The monoisotopic (exact) mass is 233 g/mol. The number of pyridine rings is 1. The average molecular weight is 233 g/mol. The molecule has 1 fully saturated rings. The van der Waals surface area contributed by atoms with E-state index in [1.165, 1.54) is 25.1 Å². The lowest BCUT2D eigenvalue weighted by Gasteiger charge is -2.19. The van der Waals surface area contributed by atoms with Gasteiger partial charge in [-0.15, -0.1) is 0 Å². The summed E-state index contributed by atoms with van der Waals surface area (Å²) in [6.45, 7) is 10.3. The van der Waals surface area contributed by atoms with Crippen molar-refractivity contribution >= 4 is 0 Å². The van der Waals surface area contributed by atoms with E-state index in [1.807, 2.05) is 18.5 Å². The van der Waals surface area contributed by atoms with Crippen molar-refractivity contribution in [3.63, 3.8) is 0 Å². The van der Waals surface area contributed by atoms with Gasteiger partial charge in [0.2, 0.25) is 0 Å². The molecule has 0 amide bonds. The fraction of sp³-hybridized carbons (Fsp3) is 0.643. The molecule has 2 rings (SSSR count). The Hall–Kier alpha value is -0.930. The molecule has 0 aromatic carbocycles. The molecule has 1 saturated heterocycles. The van der Waals surface area contributed by atoms with Crippen LogP contribution in [0.2, 0.25) is 0 Å². The number of rotatable bonds is 5. The molecule has 0 atom stereocenters. The fourth-order valence-corrected chi connectivity index (χ4v) is 2.39. The Balaban J connectivity index is 1.61. The Morgan fingerprint density at radius 2 is 2.35 bits per heavy atom. The van der Waals surface area contributed by atoms with Crippen molar-refractivity contribution in [2.75, 3.05) is 26.2 Å². The molecule has 0 bridgehead atoms. The third-order valence-electron chi connectivity index (χ3n) is 3.41. The van der Waals surface area contributed by atoms with Crippen molar-refractivity contribution in [2.24, 2.45) is 5.41 Å². The normalized spacial score (nSPS) is 19.6. The van der Waals surface area contributed by atoms with Crippen LogP contribution in [0.15, 0.2) is 24.5 Å². The van der Waals surface area contributed by atoms with E-state index in [1.54, 1.807) is 0 Å². The summed E-state index contributed by atoms with van der Waals surface area (Å²) < 4.78 is 0. The van der Waals surface area contributed by atoms with E-state index < -0.39 is 0 Å². The van der Waals surface area contributed by atoms with Crippen LogP contribution in [0.25, 0.3) is 0 Å². The quantitative estimate of drug-likeness (QED) is 0.787. The van der Waals surface area contributed by atoms with Gasteiger partial charge in [-0.25, -0.2) is 0 Å². The van der Waals surface area contributed by atoms with Gasteiger partial charge in [0.05, 0.1) is 0 Å². The van der Waals surface area contributed by atoms with Crippen LogP contribution in [0.1, 0.15) is 25.8 Å². The van der Waals surface area contributed by atoms with Gasteiger partial charge >= 0.3 is 0 Å². The molecule has 1 aliphatic heterocycles. The average Bonchev–Trinajstić information content (AvgIpc) is 2.66. The summed E-state index contributed by atoms with van der Waals surface area (Å²) in [5, 5.41) is 3.47. The molecule has 0 spiro atoms. The number of hydrogen-bond acceptors (Lipinski definition) is 3. The first-order chi connectivity index (χ1) is 8.16. The number of nitrogens with one attached hydrogen (secondary N) is 1. The summed E-state index contributed by atoms with van der Waals surface area (Å²) in [5.41, 5.74) is 1.78. The molecule has 94 valence electrons. The van der Waals surface area contributed by atoms with Gasteiger partial charge in [-0.2, -0.15) is 0 Å². The number of likely N-dealkylation sites (tertiary alicyclic amines) is 1. The Kier molecular flexibility index (Phi) is 4.13. The van der Waals surface area contributed by atoms with Crippen LogP contribution in [-0.4, -0.2) is 36.1 Å². The van der Waals surface area contributed by atoms with Gasteiger partial charge in [-0.1, -0.05) is 19.9 Å². The van der Waals surface area contributed by atoms with Crippen LogP contribution < -0.4 is 5.32 Å². The van der Waals surface area contributed by atoms with Gasteiger partial charge in [0, 0.05) is 38.6 Å². The van der Waals surface area contributed by atoms with E-state index in [2.05, 4.69) is 35.1 Å². The fourth-order valence-electron chi connectivity index (χ4n) is 2.39. The maximum absolute atomic E-state index is 4.11. The van der Waals surface area contributed by atoms with Crippen LogP contribution in [-0.2, 0) is 6.54 Å². The maximum atomic E-state index is 4.11. The van der Waals surface area contributed by atoms with Gasteiger partial charge < -0.3 is 10.2 Å². The molecule has 0 radical (unpaired) electrons. The number of nitrogens with zero attached hydrogens (tertiary/aromatic N) is 2. The van der Waals surface area contributed by atoms with Crippen molar-refractivity contribution in [3.8, 4) is 0 Å². The number of hydrogen-bond donors (Lipinski definition) is 1. The second-order valence-corrected chi connectivity index (χ2v) is 5.73. The van der Waals surface area contributed by atoms with Crippen LogP contribution in [0, 0.1) is 5.41 Å². The van der Waals surface area contributed by atoms with Crippen molar-refractivity contribution in [1.82, 2.24) is 15.2 Å². The summed E-state index contributed by atoms with van der Waals surface area (Å²) >= 11 is 0. The Labute approximate surface area is 104 Å². The molecule has 0 unspecified atom stereocenters. The zero-order chi connectivity index (χ0) is 12.1. The van der Waals surface area contributed by atoms with Crippen molar-refractivity contribution in [1.29, 1.82) is 0 Å². The molecule has 3 heteroatoms. The third kappa shape index (κ3) is 4.10. The standard InChI is InChI=1S/C14H23N3/c1-14(2)5-8-17(12-14)9-7-16-11-13-4-3-6-15-10-13/h3-4,6,10,16H,5,7-9,11-12H2,1-2H3. The van der Waals surface area contributed by atoms with Gasteiger partial charge in [-0.05, 0) is 30.0 Å². The van der Waals surface area contributed by atoms with Crippen LogP contribution in [0.5, 0.6) is 0 Å². The molecule has 1 aromatic heterocycles. The van der Waals surface area contributed by atoms with E-state index in [0.717, 1.165) is 19.6 Å². The molecule has 3 nitrogen and oxygen atoms in total. The predicted molar refractivity (Wildman–Crippen MR) is 70.8 cm³/mol. The SMILES string of the molecule is CC1(C)CCN(CCNCc2cccnc2)C1. The second kappa shape index (κ2) is 5.61. The molecule has 2 heterocycles. The first-order valence-corrected chi connectivity index (χ1v) is 6.48. The molecule has 1 aliphatic rings. The highest BCUT2D eigenvalue weighted by Gasteiger charge is 2.28. The molecule has 1 N–H and O–H groups in total. The lowest BCUT2D eigenvalue weighted by Crippen LogP contribution is -2.31. The van der Waals surface area contributed by atoms with Crippen molar-refractivity contribution < 1.29 is 0 Å². The molecular formula is C14H23N3. The van der Waals surface area contributed by atoms with E-state index >= 15 is 0 Å². The van der Waals surface area contributed by atoms with E-state index in [9.17, 15) is 0 Å². The maximum Gasteiger partial charge on any atom is 0.0312 e. The highest BCUT2D eigenvalue weighted by Crippen LogP contribution is 2.28. The van der Waals surface area contributed by atoms with Crippen LogP contribution >= 0.6 is 0 Å². The minimum atomic E-state index is 0.517. The summed E-state index contributed by atoms with van der Waals surface area (Å²) in [7, 11) is 0. The van der Waals surface area contributed by atoms with E-state index in [-0.39, 0.29) is 0 Å².